The predicted molar refractivity (Wildman–Crippen MR) is 106 cm³/mol. The first-order valence-electron chi connectivity index (χ1n) is 8.39. The molecule has 6 nitrogen and oxygen atoms in total. The second kappa shape index (κ2) is 6.48. The molecule has 4 rings (SSSR count). The van der Waals surface area contributed by atoms with E-state index in [0.29, 0.717) is 0 Å². The molecular formula is C20H20N6. The number of anilines is 3. The smallest absolute Gasteiger partial charge is 0.140 e. The second-order valence-electron chi connectivity index (χ2n) is 6.34. The van der Waals surface area contributed by atoms with Gasteiger partial charge in [0.15, 0.2) is 0 Å². The molecule has 3 aromatic heterocycles. The number of pyridine rings is 1. The van der Waals surface area contributed by atoms with Gasteiger partial charge < -0.3 is 14.8 Å². The lowest BCUT2D eigenvalue weighted by molar-refractivity contribution is 0.977. The third-order valence-corrected chi connectivity index (χ3v) is 4.48. The Hall–Kier alpha value is -3.41. The summed E-state index contributed by atoms with van der Waals surface area (Å²) >= 11 is 0. The number of aryl methyl sites for hydroxylation is 1. The average Bonchev–Trinajstić information content (AvgIpc) is 3.01. The third-order valence-electron chi connectivity index (χ3n) is 4.48. The largest absolute Gasteiger partial charge is 0.378 e. The molecule has 26 heavy (non-hydrogen) atoms. The molecule has 1 N–H and O–H groups in total. The van der Waals surface area contributed by atoms with Crippen LogP contribution in [-0.2, 0) is 7.05 Å². The molecule has 0 aliphatic heterocycles. The van der Waals surface area contributed by atoms with Crippen molar-refractivity contribution in [2.24, 2.45) is 7.05 Å². The number of nitrogens with one attached hydrogen (secondary N) is 1. The third kappa shape index (κ3) is 2.86. The molecule has 0 saturated carbocycles. The average molecular weight is 344 g/mol. The lowest BCUT2D eigenvalue weighted by atomic mass is 10.1. The van der Waals surface area contributed by atoms with Crippen molar-refractivity contribution in [2.75, 3.05) is 24.3 Å². The van der Waals surface area contributed by atoms with Gasteiger partial charge >= 0.3 is 0 Å². The SMILES string of the molecule is CN(C)c1ccc(-c2cc3c(Nc4ccncn4)nccc3n2C)cc1. The van der Waals surface area contributed by atoms with Crippen molar-refractivity contribution in [2.45, 2.75) is 0 Å². The van der Waals surface area contributed by atoms with Crippen molar-refractivity contribution in [3.63, 3.8) is 0 Å². The Bertz CT molecular complexity index is 1040. The maximum atomic E-state index is 4.50. The summed E-state index contributed by atoms with van der Waals surface area (Å²) in [5, 5.41) is 4.34. The van der Waals surface area contributed by atoms with Gasteiger partial charge in [-0.15, -0.1) is 0 Å². The molecule has 130 valence electrons. The number of aromatic nitrogens is 4. The summed E-state index contributed by atoms with van der Waals surface area (Å²) in [6.07, 6.45) is 5.04. The van der Waals surface area contributed by atoms with Gasteiger partial charge in [0.25, 0.3) is 0 Å². The highest BCUT2D eigenvalue weighted by Gasteiger charge is 2.12. The van der Waals surface area contributed by atoms with Crippen molar-refractivity contribution in [1.29, 1.82) is 0 Å². The van der Waals surface area contributed by atoms with Crippen molar-refractivity contribution in [3.05, 3.63) is 61.2 Å². The van der Waals surface area contributed by atoms with Crippen LogP contribution >= 0.6 is 0 Å². The molecule has 0 radical (unpaired) electrons. The van der Waals surface area contributed by atoms with Crippen LogP contribution in [0.25, 0.3) is 22.2 Å². The summed E-state index contributed by atoms with van der Waals surface area (Å²) in [6, 6.07) is 14.6. The van der Waals surface area contributed by atoms with Gasteiger partial charge in [0.05, 0.1) is 5.52 Å². The molecule has 0 aliphatic carbocycles. The summed E-state index contributed by atoms with van der Waals surface area (Å²) < 4.78 is 2.19. The first kappa shape index (κ1) is 16.1. The Morgan fingerprint density at radius 1 is 0.962 bits per heavy atom. The quantitative estimate of drug-likeness (QED) is 0.609. The molecule has 3 heterocycles. The lowest BCUT2D eigenvalue weighted by Gasteiger charge is -2.13. The van der Waals surface area contributed by atoms with E-state index in [4.69, 9.17) is 0 Å². The predicted octanol–water partition coefficient (Wildman–Crippen LogP) is 3.84. The monoisotopic (exact) mass is 344 g/mol. The van der Waals surface area contributed by atoms with Crippen LogP contribution in [0.15, 0.2) is 61.2 Å². The molecule has 0 unspecified atom stereocenters. The van der Waals surface area contributed by atoms with Crippen molar-refractivity contribution in [1.82, 2.24) is 19.5 Å². The summed E-state index contributed by atoms with van der Waals surface area (Å²) in [4.78, 5) is 14.8. The van der Waals surface area contributed by atoms with Crippen LogP contribution in [0.3, 0.4) is 0 Å². The van der Waals surface area contributed by atoms with Crippen LogP contribution in [0.2, 0.25) is 0 Å². The van der Waals surface area contributed by atoms with E-state index in [0.717, 1.165) is 28.2 Å². The molecule has 4 aromatic rings. The molecule has 0 spiro atoms. The van der Waals surface area contributed by atoms with E-state index in [1.165, 1.54) is 17.6 Å². The minimum absolute atomic E-state index is 0.723. The fourth-order valence-corrected chi connectivity index (χ4v) is 3.05. The topological polar surface area (TPSA) is 58.9 Å². The Labute approximate surface area is 152 Å². The van der Waals surface area contributed by atoms with E-state index in [9.17, 15) is 0 Å². The van der Waals surface area contributed by atoms with E-state index >= 15 is 0 Å². The molecule has 0 saturated heterocycles. The van der Waals surface area contributed by atoms with Crippen LogP contribution in [0.5, 0.6) is 0 Å². The maximum absolute atomic E-state index is 4.50. The van der Waals surface area contributed by atoms with Crippen molar-refractivity contribution < 1.29 is 0 Å². The van der Waals surface area contributed by atoms with Crippen LogP contribution in [-0.4, -0.2) is 33.6 Å². The van der Waals surface area contributed by atoms with Gasteiger partial charge in [-0.05, 0) is 35.9 Å². The summed E-state index contributed by atoms with van der Waals surface area (Å²) in [6.45, 7) is 0. The molecule has 0 bridgehead atoms. The standard InChI is InChI=1S/C20H20N6/c1-25(2)15-6-4-14(5-7-15)18-12-16-17(26(18)3)8-11-22-20(16)24-19-9-10-21-13-23-19/h4-13H,1-3H3,(H,21,22,23,24). The molecule has 0 aliphatic rings. The van der Waals surface area contributed by atoms with Crippen LogP contribution < -0.4 is 10.2 Å². The number of hydrogen-bond acceptors (Lipinski definition) is 5. The molecule has 0 fully saturated rings. The van der Waals surface area contributed by atoms with Crippen LogP contribution in [0.1, 0.15) is 0 Å². The zero-order chi connectivity index (χ0) is 18.1. The zero-order valence-electron chi connectivity index (χ0n) is 15.0. The molecule has 6 heteroatoms. The first-order chi connectivity index (χ1) is 12.6. The molecular weight excluding hydrogens is 324 g/mol. The summed E-state index contributed by atoms with van der Waals surface area (Å²) in [5.41, 5.74) is 4.61. The van der Waals surface area contributed by atoms with E-state index < -0.39 is 0 Å². The molecule has 1 aromatic carbocycles. The van der Waals surface area contributed by atoms with Gasteiger partial charge in [0, 0.05) is 50.3 Å². The van der Waals surface area contributed by atoms with E-state index in [1.807, 2.05) is 32.4 Å². The van der Waals surface area contributed by atoms with Crippen molar-refractivity contribution >= 4 is 28.2 Å². The summed E-state index contributed by atoms with van der Waals surface area (Å²) in [7, 11) is 6.16. The number of benzene rings is 1. The highest BCUT2D eigenvalue weighted by Crippen LogP contribution is 2.32. The fourth-order valence-electron chi connectivity index (χ4n) is 3.05. The number of nitrogens with zero attached hydrogens (tertiary/aromatic N) is 5. The van der Waals surface area contributed by atoms with E-state index in [1.54, 1.807) is 6.20 Å². The van der Waals surface area contributed by atoms with E-state index in [2.05, 4.69) is 67.1 Å². The molecule has 0 atom stereocenters. The Morgan fingerprint density at radius 2 is 1.77 bits per heavy atom. The fraction of sp³-hybridized carbons (Fsp3) is 0.150. The Morgan fingerprint density at radius 3 is 2.46 bits per heavy atom. The van der Waals surface area contributed by atoms with Crippen molar-refractivity contribution in [3.8, 4) is 11.3 Å². The first-order valence-corrected chi connectivity index (χ1v) is 8.39. The number of fused-ring (bicyclic) bond motifs is 1. The minimum Gasteiger partial charge on any atom is -0.378 e. The minimum atomic E-state index is 0.723. The highest BCUT2D eigenvalue weighted by atomic mass is 15.1. The molecule has 0 amide bonds. The lowest BCUT2D eigenvalue weighted by Crippen LogP contribution is -2.08. The number of rotatable bonds is 4. The number of hydrogen-bond donors (Lipinski definition) is 1. The highest BCUT2D eigenvalue weighted by molar-refractivity contribution is 5.95. The van der Waals surface area contributed by atoms with Crippen LogP contribution in [0, 0.1) is 0 Å². The Balaban J connectivity index is 1.78. The van der Waals surface area contributed by atoms with Gasteiger partial charge in [-0.2, -0.15) is 0 Å². The van der Waals surface area contributed by atoms with E-state index in [-0.39, 0.29) is 0 Å². The van der Waals surface area contributed by atoms with Gasteiger partial charge in [-0.3, -0.25) is 0 Å². The summed E-state index contributed by atoms with van der Waals surface area (Å²) in [5.74, 6) is 1.51. The normalized spacial score (nSPS) is 10.9. The van der Waals surface area contributed by atoms with Gasteiger partial charge in [-0.1, -0.05) is 12.1 Å². The van der Waals surface area contributed by atoms with Crippen LogP contribution in [0.4, 0.5) is 17.3 Å². The zero-order valence-corrected chi connectivity index (χ0v) is 15.0. The van der Waals surface area contributed by atoms with Gasteiger partial charge in [0.1, 0.15) is 18.0 Å². The maximum Gasteiger partial charge on any atom is 0.140 e. The Kier molecular flexibility index (Phi) is 4.01. The van der Waals surface area contributed by atoms with Gasteiger partial charge in [0.2, 0.25) is 0 Å². The van der Waals surface area contributed by atoms with Gasteiger partial charge in [-0.25, -0.2) is 15.0 Å². The second-order valence-corrected chi connectivity index (χ2v) is 6.34.